The Balaban J connectivity index is 2.34. The largest absolute Gasteiger partial charge is 0.397 e. The van der Waals surface area contributed by atoms with Crippen LogP contribution in [0.3, 0.4) is 0 Å². The summed E-state index contributed by atoms with van der Waals surface area (Å²) in [5.74, 6) is 0. The van der Waals surface area contributed by atoms with Crippen LogP contribution in [-0.2, 0) is 7.05 Å². The van der Waals surface area contributed by atoms with E-state index in [2.05, 4.69) is 15.2 Å². The Morgan fingerprint density at radius 3 is 3.00 bits per heavy atom. The predicted molar refractivity (Wildman–Crippen MR) is 62.7 cm³/mol. The van der Waals surface area contributed by atoms with E-state index < -0.39 is 0 Å². The first-order valence-corrected chi connectivity index (χ1v) is 4.96. The molecule has 0 saturated heterocycles. The Hall–Kier alpha value is -2.30. The molecule has 0 bridgehead atoms. The maximum Gasteiger partial charge on any atom is 0.118 e. The van der Waals surface area contributed by atoms with Crippen LogP contribution >= 0.6 is 0 Å². The second-order valence-corrected chi connectivity index (χ2v) is 3.73. The highest BCUT2D eigenvalue weighted by Gasteiger charge is 2.11. The van der Waals surface area contributed by atoms with E-state index in [1.165, 1.54) is 0 Å². The average molecular weight is 213 g/mol. The lowest BCUT2D eigenvalue weighted by Gasteiger charge is -1.98. The van der Waals surface area contributed by atoms with Crippen molar-refractivity contribution in [2.75, 3.05) is 5.73 Å². The molecule has 0 aliphatic rings. The number of para-hydroxylation sites is 1. The molecule has 5 nitrogen and oxygen atoms in total. The molecule has 3 aromatic rings. The summed E-state index contributed by atoms with van der Waals surface area (Å²) >= 11 is 0. The minimum atomic E-state index is 0.707. The van der Waals surface area contributed by atoms with Crippen molar-refractivity contribution in [1.29, 1.82) is 0 Å². The normalized spacial score (nSPS) is 11.1. The summed E-state index contributed by atoms with van der Waals surface area (Å²) in [6, 6.07) is 5.78. The second kappa shape index (κ2) is 3.10. The van der Waals surface area contributed by atoms with Gasteiger partial charge in [0.2, 0.25) is 0 Å². The van der Waals surface area contributed by atoms with Crippen molar-refractivity contribution in [2.45, 2.75) is 0 Å². The number of aromatic amines is 1. The van der Waals surface area contributed by atoms with Gasteiger partial charge in [0.1, 0.15) is 5.69 Å². The molecule has 0 saturated carbocycles. The number of nitrogens with one attached hydrogen (secondary N) is 1. The third kappa shape index (κ3) is 1.11. The number of nitrogen functional groups attached to an aromatic ring is 1. The van der Waals surface area contributed by atoms with Gasteiger partial charge in [-0.2, -0.15) is 5.10 Å². The van der Waals surface area contributed by atoms with E-state index in [1.807, 2.05) is 29.8 Å². The Morgan fingerprint density at radius 2 is 2.25 bits per heavy atom. The van der Waals surface area contributed by atoms with Gasteiger partial charge in [-0.05, 0) is 6.07 Å². The molecule has 0 spiro atoms. The summed E-state index contributed by atoms with van der Waals surface area (Å²) in [5, 5.41) is 8.27. The van der Waals surface area contributed by atoms with Crippen LogP contribution in [0.25, 0.3) is 22.3 Å². The van der Waals surface area contributed by atoms with Gasteiger partial charge < -0.3 is 10.3 Å². The molecule has 0 aliphatic carbocycles. The lowest BCUT2D eigenvalue weighted by atomic mass is 10.1. The molecule has 3 rings (SSSR count). The van der Waals surface area contributed by atoms with Gasteiger partial charge in [-0.3, -0.25) is 5.10 Å². The topological polar surface area (TPSA) is 72.5 Å². The molecule has 1 aromatic carbocycles. The Labute approximate surface area is 91.9 Å². The smallest absolute Gasteiger partial charge is 0.118 e. The summed E-state index contributed by atoms with van der Waals surface area (Å²) in [5.41, 5.74) is 9.29. The van der Waals surface area contributed by atoms with Crippen molar-refractivity contribution in [1.82, 2.24) is 19.7 Å². The zero-order chi connectivity index (χ0) is 11.1. The van der Waals surface area contributed by atoms with Gasteiger partial charge in [0.05, 0.1) is 29.4 Å². The van der Waals surface area contributed by atoms with Crippen molar-refractivity contribution in [3.63, 3.8) is 0 Å². The standard InChI is InChI=1S/C11H11N5/c1-16-6-13-5-9(16)11-7-3-2-4-8(12)10(7)14-15-11/h2-6H,12H2,1H3,(H,14,15). The summed E-state index contributed by atoms with van der Waals surface area (Å²) < 4.78 is 1.93. The molecule has 0 amide bonds. The summed E-state index contributed by atoms with van der Waals surface area (Å²) in [6.45, 7) is 0. The van der Waals surface area contributed by atoms with Gasteiger partial charge in [0.15, 0.2) is 0 Å². The Kier molecular flexibility index (Phi) is 1.73. The van der Waals surface area contributed by atoms with E-state index in [-0.39, 0.29) is 0 Å². The molecule has 5 heteroatoms. The fraction of sp³-hybridized carbons (Fsp3) is 0.0909. The Morgan fingerprint density at radius 1 is 1.38 bits per heavy atom. The van der Waals surface area contributed by atoms with Crippen molar-refractivity contribution in [2.24, 2.45) is 7.05 Å². The number of hydrogen-bond acceptors (Lipinski definition) is 3. The van der Waals surface area contributed by atoms with Gasteiger partial charge in [-0.15, -0.1) is 0 Å². The Bertz CT molecular complexity index is 649. The van der Waals surface area contributed by atoms with Gasteiger partial charge in [-0.25, -0.2) is 4.98 Å². The van der Waals surface area contributed by atoms with E-state index in [0.29, 0.717) is 5.69 Å². The zero-order valence-electron chi connectivity index (χ0n) is 8.81. The number of aromatic nitrogens is 4. The molecule has 3 N–H and O–H groups in total. The minimum Gasteiger partial charge on any atom is -0.397 e. The number of rotatable bonds is 1. The fourth-order valence-electron chi connectivity index (χ4n) is 1.84. The summed E-state index contributed by atoms with van der Waals surface area (Å²) in [7, 11) is 1.94. The highest BCUT2D eigenvalue weighted by molar-refractivity contribution is 5.98. The fourth-order valence-corrected chi connectivity index (χ4v) is 1.84. The van der Waals surface area contributed by atoms with Crippen LogP contribution in [0.15, 0.2) is 30.7 Å². The quantitative estimate of drug-likeness (QED) is 0.602. The van der Waals surface area contributed by atoms with Gasteiger partial charge in [-0.1, -0.05) is 12.1 Å². The molecule has 2 heterocycles. The van der Waals surface area contributed by atoms with Crippen molar-refractivity contribution >= 4 is 16.6 Å². The van der Waals surface area contributed by atoms with Crippen molar-refractivity contribution in [3.05, 3.63) is 30.7 Å². The van der Waals surface area contributed by atoms with Crippen LogP contribution in [0.5, 0.6) is 0 Å². The molecule has 0 aliphatic heterocycles. The van der Waals surface area contributed by atoms with E-state index in [4.69, 9.17) is 5.73 Å². The number of anilines is 1. The zero-order valence-corrected chi connectivity index (χ0v) is 8.81. The second-order valence-electron chi connectivity index (χ2n) is 3.73. The molecule has 16 heavy (non-hydrogen) atoms. The molecule has 0 unspecified atom stereocenters. The number of hydrogen-bond donors (Lipinski definition) is 2. The van der Waals surface area contributed by atoms with Crippen molar-refractivity contribution in [3.8, 4) is 11.4 Å². The molecule has 2 aromatic heterocycles. The van der Waals surface area contributed by atoms with Crippen LogP contribution in [0.4, 0.5) is 5.69 Å². The number of nitrogens with zero attached hydrogens (tertiary/aromatic N) is 3. The SMILES string of the molecule is Cn1cncc1-c1n[nH]c2c(N)cccc12. The monoisotopic (exact) mass is 213 g/mol. The first kappa shape index (κ1) is 8.96. The van der Waals surface area contributed by atoms with Crippen LogP contribution in [0.2, 0.25) is 0 Å². The number of nitrogens with two attached hydrogens (primary N) is 1. The molecule has 0 radical (unpaired) electrons. The molecule has 80 valence electrons. The van der Waals surface area contributed by atoms with E-state index in [1.54, 1.807) is 12.5 Å². The van der Waals surface area contributed by atoms with Crippen LogP contribution in [0, 0.1) is 0 Å². The van der Waals surface area contributed by atoms with Crippen LogP contribution in [-0.4, -0.2) is 19.7 Å². The minimum absolute atomic E-state index is 0.707. The van der Waals surface area contributed by atoms with E-state index >= 15 is 0 Å². The average Bonchev–Trinajstić information content (AvgIpc) is 2.84. The number of imidazole rings is 1. The first-order valence-electron chi connectivity index (χ1n) is 4.96. The predicted octanol–water partition coefficient (Wildman–Crippen LogP) is 1.55. The van der Waals surface area contributed by atoms with E-state index in [0.717, 1.165) is 22.3 Å². The number of aryl methyl sites for hydroxylation is 1. The maximum absolute atomic E-state index is 5.87. The third-order valence-electron chi connectivity index (χ3n) is 2.69. The maximum atomic E-state index is 5.87. The van der Waals surface area contributed by atoms with Gasteiger partial charge in [0, 0.05) is 12.4 Å². The number of benzene rings is 1. The lowest BCUT2D eigenvalue weighted by Crippen LogP contribution is -1.89. The number of fused-ring (bicyclic) bond motifs is 1. The lowest BCUT2D eigenvalue weighted by molar-refractivity contribution is 0.914. The highest BCUT2D eigenvalue weighted by Crippen LogP contribution is 2.28. The third-order valence-corrected chi connectivity index (χ3v) is 2.69. The molecule has 0 atom stereocenters. The summed E-state index contributed by atoms with van der Waals surface area (Å²) in [6.07, 6.45) is 3.54. The van der Waals surface area contributed by atoms with Crippen LogP contribution < -0.4 is 5.73 Å². The highest BCUT2D eigenvalue weighted by atomic mass is 15.1. The first-order chi connectivity index (χ1) is 7.77. The molecule has 0 fully saturated rings. The van der Waals surface area contributed by atoms with Crippen LogP contribution in [0.1, 0.15) is 0 Å². The summed E-state index contributed by atoms with van der Waals surface area (Å²) in [4.78, 5) is 4.08. The van der Waals surface area contributed by atoms with Gasteiger partial charge in [0.25, 0.3) is 0 Å². The van der Waals surface area contributed by atoms with Gasteiger partial charge >= 0.3 is 0 Å². The number of H-pyrrole nitrogens is 1. The molecular weight excluding hydrogens is 202 g/mol. The molecular formula is C11H11N5. The van der Waals surface area contributed by atoms with Crippen molar-refractivity contribution < 1.29 is 0 Å². The van der Waals surface area contributed by atoms with E-state index in [9.17, 15) is 0 Å².